The van der Waals surface area contributed by atoms with Gasteiger partial charge in [0.2, 0.25) is 5.91 Å². The Morgan fingerprint density at radius 2 is 1.73 bits per heavy atom. The summed E-state index contributed by atoms with van der Waals surface area (Å²) in [6.45, 7) is 7.77. The first-order valence-electron chi connectivity index (χ1n) is 10.5. The monoisotopic (exact) mass is 487 g/mol. The molecule has 0 spiro atoms. The van der Waals surface area contributed by atoms with Crippen molar-refractivity contribution in [2.24, 2.45) is 0 Å². The fraction of sp³-hybridized carbons (Fsp3) is 0.292. The van der Waals surface area contributed by atoms with E-state index in [4.69, 9.17) is 23.2 Å². The Labute approximate surface area is 203 Å². The van der Waals surface area contributed by atoms with Gasteiger partial charge in [-0.3, -0.25) is 4.79 Å². The molecule has 7 nitrogen and oxygen atoms in total. The van der Waals surface area contributed by atoms with Crippen molar-refractivity contribution in [3.63, 3.8) is 0 Å². The minimum absolute atomic E-state index is 0.106. The first kappa shape index (κ1) is 24.6. The zero-order valence-corrected chi connectivity index (χ0v) is 20.5. The molecule has 0 atom stereocenters. The smallest absolute Gasteiger partial charge is 0.318 e. The second kappa shape index (κ2) is 10.3. The van der Waals surface area contributed by atoms with E-state index in [0.29, 0.717) is 33.8 Å². The summed E-state index contributed by atoms with van der Waals surface area (Å²) < 4.78 is 1.59. The summed E-state index contributed by atoms with van der Waals surface area (Å²) in [6.07, 6.45) is 0. The van der Waals surface area contributed by atoms with Crippen molar-refractivity contribution in [1.82, 2.24) is 20.0 Å². The van der Waals surface area contributed by atoms with Gasteiger partial charge in [0.15, 0.2) is 0 Å². The van der Waals surface area contributed by atoms with Gasteiger partial charge in [-0.2, -0.15) is 5.10 Å². The summed E-state index contributed by atoms with van der Waals surface area (Å²) in [4.78, 5) is 26.8. The summed E-state index contributed by atoms with van der Waals surface area (Å²) >= 11 is 12.3. The van der Waals surface area contributed by atoms with Crippen LogP contribution in [0.5, 0.6) is 0 Å². The highest BCUT2D eigenvalue weighted by atomic mass is 35.5. The third-order valence-electron chi connectivity index (χ3n) is 4.68. The molecule has 2 N–H and O–H groups in total. The fourth-order valence-electron chi connectivity index (χ4n) is 3.12. The van der Waals surface area contributed by atoms with Crippen molar-refractivity contribution in [3.8, 4) is 16.9 Å². The summed E-state index contributed by atoms with van der Waals surface area (Å²) in [5.41, 5.74) is 1.80. The van der Waals surface area contributed by atoms with E-state index in [2.05, 4.69) is 15.7 Å². The zero-order valence-electron chi connectivity index (χ0n) is 19.0. The minimum atomic E-state index is -0.405. The van der Waals surface area contributed by atoms with Gasteiger partial charge in [-0.1, -0.05) is 53.5 Å². The third-order valence-corrected chi connectivity index (χ3v) is 5.42. The van der Waals surface area contributed by atoms with Crippen molar-refractivity contribution in [2.75, 3.05) is 18.4 Å². The lowest BCUT2D eigenvalue weighted by molar-refractivity contribution is -0.116. The summed E-state index contributed by atoms with van der Waals surface area (Å²) in [7, 11) is 0. The molecule has 0 saturated carbocycles. The molecule has 0 aliphatic carbocycles. The molecule has 0 radical (unpaired) electrons. The average molecular weight is 488 g/mol. The van der Waals surface area contributed by atoms with Crippen molar-refractivity contribution in [2.45, 2.75) is 33.2 Å². The van der Waals surface area contributed by atoms with Crippen LogP contribution in [0, 0.1) is 0 Å². The maximum Gasteiger partial charge on any atom is 0.318 e. The molecule has 3 rings (SSSR count). The van der Waals surface area contributed by atoms with Gasteiger partial charge in [0, 0.05) is 23.7 Å². The summed E-state index contributed by atoms with van der Waals surface area (Å²) in [6, 6.07) is 16.2. The standard InChI is InChI=1S/C24H27Cl2N5O2/c1-5-30(23(33)28-24(2,3)4)15-22(32)27-21-14-20(16-9-7-6-8-10-16)29-31(21)17-11-12-18(25)19(26)13-17/h6-14H,5,15H2,1-4H3,(H,27,32)(H,28,33). The molecule has 0 aliphatic rings. The molecule has 1 aromatic heterocycles. The van der Waals surface area contributed by atoms with Gasteiger partial charge in [0.05, 0.1) is 21.4 Å². The van der Waals surface area contributed by atoms with Crippen LogP contribution in [0.25, 0.3) is 16.9 Å². The molecular formula is C24H27Cl2N5O2. The molecule has 0 aliphatic heterocycles. The number of anilines is 1. The van der Waals surface area contributed by atoms with Gasteiger partial charge < -0.3 is 15.5 Å². The van der Waals surface area contributed by atoms with Gasteiger partial charge in [0.25, 0.3) is 0 Å². The normalized spacial score (nSPS) is 11.2. The molecule has 2 aromatic carbocycles. The van der Waals surface area contributed by atoms with E-state index in [1.807, 2.05) is 58.0 Å². The van der Waals surface area contributed by atoms with Gasteiger partial charge in [-0.15, -0.1) is 0 Å². The van der Waals surface area contributed by atoms with Gasteiger partial charge in [-0.25, -0.2) is 9.48 Å². The highest BCUT2D eigenvalue weighted by Gasteiger charge is 2.22. The van der Waals surface area contributed by atoms with Gasteiger partial charge >= 0.3 is 6.03 Å². The molecule has 33 heavy (non-hydrogen) atoms. The van der Waals surface area contributed by atoms with Crippen molar-refractivity contribution in [3.05, 3.63) is 64.6 Å². The van der Waals surface area contributed by atoms with Crippen LogP contribution in [-0.2, 0) is 4.79 Å². The predicted octanol–water partition coefficient (Wildman–Crippen LogP) is 5.61. The van der Waals surface area contributed by atoms with Gasteiger partial charge in [0.1, 0.15) is 12.4 Å². The second-order valence-corrected chi connectivity index (χ2v) is 9.35. The zero-order chi connectivity index (χ0) is 24.2. The molecule has 3 amide bonds. The van der Waals surface area contributed by atoms with Crippen LogP contribution < -0.4 is 10.6 Å². The number of carbonyl (C=O) groups excluding carboxylic acids is 2. The predicted molar refractivity (Wildman–Crippen MR) is 133 cm³/mol. The molecule has 0 saturated heterocycles. The number of likely N-dealkylation sites (N-methyl/N-ethyl adjacent to an activating group) is 1. The number of nitrogens with zero attached hydrogens (tertiary/aromatic N) is 3. The van der Waals surface area contributed by atoms with Crippen molar-refractivity contribution >= 4 is 41.0 Å². The molecule has 0 fully saturated rings. The van der Waals surface area contributed by atoms with Crippen LogP contribution >= 0.6 is 23.2 Å². The number of benzene rings is 2. The number of hydrogen-bond acceptors (Lipinski definition) is 3. The highest BCUT2D eigenvalue weighted by Crippen LogP contribution is 2.28. The maximum absolute atomic E-state index is 12.9. The topological polar surface area (TPSA) is 79.3 Å². The van der Waals surface area contributed by atoms with E-state index in [0.717, 1.165) is 5.56 Å². The van der Waals surface area contributed by atoms with E-state index < -0.39 is 5.54 Å². The average Bonchev–Trinajstić information content (AvgIpc) is 3.17. The van der Waals surface area contributed by atoms with Crippen LogP contribution in [0.1, 0.15) is 27.7 Å². The van der Waals surface area contributed by atoms with Crippen molar-refractivity contribution in [1.29, 1.82) is 0 Å². The molecule has 1 heterocycles. The van der Waals surface area contributed by atoms with Crippen LogP contribution in [0.15, 0.2) is 54.6 Å². The second-order valence-electron chi connectivity index (χ2n) is 8.53. The van der Waals surface area contributed by atoms with E-state index in [9.17, 15) is 9.59 Å². The molecular weight excluding hydrogens is 461 g/mol. The molecule has 0 bridgehead atoms. The number of hydrogen-bond donors (Lipinski definition) is 2. The number of aromatic nitrogens is 2. The van der Waals surface area contributed by atoms with Crippen LogP contribution in [-0.4, -0.2) is 45.2 Å². The van der Waals surface area contributed by atoms with Crippen molar-refractivity contribution < 1.29 is 9.59 Å². The number of nitrogens with one attached hydrogen (secondary N) is 2. The van der Waals surface area contributed by atoms with Crippen LogP contribution in [0.3, 0.4) is 0 Å². The SMILES string of the molecule is CCN(CC(=O)Nc1cc(-c2ccccc2)nn1-c1ccc(Cl)c(Cl)c1)C(=O)NC(C)(C)C. The lowest BCUT2D eigenvalue weighted by Gasteiger charge is -2.27. The Morgan fingerprint density at radius 3 is 2.33 bits per heavy atom. The molecule has 3 aromatic rings. The number of carbonyl (C=O) groups is 2. The lowest BCUT2D eigenvalue weighted by Crippen LogP contribution is -2.50. The quantitative estimate of drug-likeness (QED) is 0.473. The third kappa shape index (κ3) is 6.49. The Morgan fingerprint density at radius 1 is 1.03 bits per heavy atom. The highest BCUT2D eigenvalue weighted by molar-refractivity contribution is 6.42. The summed E-state index contributed by atoms with van der Waals surface area (Å²) in [5.74, 6) is 0.103. The molecule has 174 valence electrons. The maximum atomic E-state index is 12.9. The van der Waals surface area contributed by atoms with E-state index in [1.54, 1.807) is 28.9 Å². The fourth-order valence-corrected chi connectivity index (χ4v) is 3.41. The minimum Gasteiger partial charge on any atom is -0.333 e. The Balaban J connectivity index is 1.89. The first-order valence-corrected chi connectivity index (χ1v) is 11.3. The first-order chi connectivity index (χ1) is 15.6. The number of amides is 3. The van der Waals surface area contributed by atoms with Gasteiger partial charge in [-0.05, 0) is 45.9 Å². The number of halogens is 2. The Hall–Kier alpha value is -3.03. The van der Waals surface area contributed by atoms with E-state index >= 15 is 0 Å². The lowest BCUT2D eigenvalue weighted by atomic mass is 10.1. The summed E-state index contributed by atoms with van der Waals surface area (Å²) in [5, 5.41) is 11.2. The Bertz CT molecular complexity index is 1140. The molecule has 0 unspecified atom stereocenters. The van der Waals surface area contributed by atoms with Crippen LogP contribution in [0.2, 0.25) is 10.0 Å². The van der Waals surface area contributed by atoms with Crippen LogP contribution in [0.4, 0.5) is 10.6 Å². The van der Waals surface area contributed by atoms with E-state index in [-0.39, 0.29) is 18.5 Å². The number of rotatable bonds is 6. The number of urea groups is 1. The molecule has 9 heteroatoms. The Kier molecular flexibility index (Phi) is 7.66. The van der Waals surface area contributed by atoms with E-state index in [1.165, 1.54) is 4.90 Å². The largest absolute Gasteiger partial charge is 0.333 e.